The van der Waals surface area contributed by atoms with Crippen molar-refractivity contribution in [3.8, 4) is 0 Å². The van der Waals surface area contributed by atoms with Crippen LogP contribution in [0.3, 0.4) is 0 Å². The lowest BCUT2D eigenvalue weighted by atomic mass is 9.72. The summed E-state index contributed by atoms with van der Waals surface area (Å²) in [7, 11) is 0. The summed E-state index contributed by atoms with van der Waals surface area (Å²) < 4.78 is 0.944. The number of ketones is 1. The summed E-state index contributed by atoms with van der Waals surface area (Å²) in [5, 5.41) is 4.58. The maximum atomic E-state index is 14.0. The smallest absolute Gasteiger partial charge is 0.263 e. The number of para-hydroxylation sites is 1. The van der Waals surface area contributed by atoms with E-state index in [1.165, 1.54) is 22.2 Å². The summed E-state index contributed by atoms with van der Waals surface area (Å²) >= 11 is 6.62. The second kappa shape index (κ2) is 9.75. The van der Waals surface area contributed by atoms with Crippen molar-refractivity contribution in [2.75, 3.05) is 16.0 Å². The molecule has 1 aliphatic carbocycles. The summed E-state index contributed by atoms with van der Waals surface area (Å²) in [6, 6.07) is 17.2. The molecule has 0 radical (unpaired) electrons. The number of Topliss-reactive ketones (excluding diaryl/α,β-unsaturated/α-hetero) is 1. The molecule has 1 aromatic heterocycles. The highest BCUT2D eigenvalue weighted by atomic mass is 79.9. The average molecular weight is 570 g/mol. The van der Waals surface area contributed by atoms with Crippen LogP contribution in [0.25, 0.3) is 0 Å². The highest BCUT2D eigenvalue weighted by Gasteiger charge is 2.40. The molecule has 1 aliphatic heterocycles. The Balaban J connectivity index is 1.44. The Labute approximate surface area is 223 Å². The lowest BCUT2D eigenvalue weighted by molar-refractivity contribution is 0.0978. The molecule has 182 valence electrons. The van der Waals surface area contributed by atoms with Gasteiger partial charge in [-0.25, -0.2) is 0 Å². The van der Waals surface area contributed by atoms with Crippen molar-refractivity contribution in [2.45, 2.75) is 45.5 Å². The van der Waals surface area contributed by atoms with Gasteiger partial charge in [0.25, 0.3) is 5.91 Å². The molecule has 2 heterocycles. The first-order valence-electron chi connectivity index (χ1n) is 11.9. The highest BCUT2D eigenvalue weighted by molar-refractivity contribution is 9.10. The fourth-order valence-electron chi connectivity index (χ4n) is 4.89. The van der Waals surface area contributed by atoms with Gasteiger partial charge in [-0.1, -0.05) is 67.0 Å². The Morgan fingerprint density at radius 1 is 1.14 bits per heavy atom. The number of carbonyl (C=O) groups is 2. The first kappa shape index (κ1) is 24.6. The van der Waals surface area contributed by atoms with Crippen LogP contribution < -0.4 is 10.2 Å². The Morgan fingerprint density at radius 2 is 1.86 bits per heavy atom. The number of fused-ring (bicyclic) bond motifs is 3. The number of hydrogen-bond acceptors (Lipinski definition) is 5. The van der Waals surface area contributed by atoms with Gasteiger partial charge in [-0.2, -0.15) is 0 Å². The number of nitrogens with zero attached hydrogens (tertiary/aromatic N) is 1. The van der Waals surface area contributed by atoms with E-state index in [-0.39, 0.29) is 28.4 Å². The van der Waals surface area contributed by atoms with E-state index in [1.54, 1.807) is 11.3 Å². The van der Waals surface area contributed by atoms with E-state index in [0.29, 0.717) is 11.5 Å². The lowest BCUT2D eigenvalue weighted by Crippen LogP contribution is -2.47. The predicted octanol–water partition coefficient (Wildman–Crippen LogP) is 7.63. The molecule has 2 atom stereocenters. The van der Waals surface area contributed by atoms with E-state index < -0.39 is 0 Å². The van der Waals surface area contributed by atoms with Crippen molar-refractivity contribution in [2.24, 2.45) is 11.3 Å². The Hall–Kier alpha value is -2.09. The van der Waals surface area contributed by atoms with Crippen LogP contribution in [-0.2, 0) is 12.8 Å². The van der Waals surface area contributed by atoms with Crippen molar-refractivity contribution in [3.05, 3.63) is 80.6 Å². The van der Waals surface area contributed by atoms with Crippen LogP contribution in [0.4, 0.5) is 10.7 Å². The molecule has 1 N–H and O–H groups in total. The minimum atomic E-state index is -0.352. The average Bonchev–Trinajstić information content (AvgIpc) is 3.21. The SMILES string of the molecule is CC(C)(C)[C@@H]1CCc2c(sc3c2C(=O)N(c2ccccc2)[C@@H](SCC(=O)c2ccc(Br)cc2)N3)C1. The predicted molar refractivity (Wildman–Crippen MR) is 151 cm³/mol. The molecule has 4 nitrogen and oxygen atoms in total. The van der Waals surface area contributed by atoms with Crippen LogP contribution in [0.2, 0.25) is 0 Å². The number of halogens is 1. The van der Waals surface area contributed by atoms with E-state index in [1.807, 2.05) is 59.5 Å². The van der Waals surface area contributed by atoms with Gasteiger partial charge in [0.2, 0.25) is 0 Å². The molecule has 35 heavy (non-hydrogen) atoms. The Kier molecular flexibility index (Phi) is 6.85. The lowest BCUT2D eigenvalue weighted by Gasteiger charge is -2.37. The second-order valence-corrected chi connectivity index (χ2v) is 13.4. The van der Waals surface area contributed by atoms with Crippen molar-refractivity contribution in [1.82, 2.24) is 0 Å². The summed E-state index contributed by atoms with van der Waals surface area (Å²) in [4.78, 5) is 30.0. The van der Waals surface area contributed by atoms with Crippen molar-refractivity contribution < 1.29 is 9.59 Å². The monoisotopic (exact) mass is 568 g/mol. The maximum Gasteiger partial charge on any atom is 0.263 e. The van der Waals surface area contributed by atoms with Gasteiger partial charge in [-0.3, -0.25) is 14.5 Å². The number of anilines is 2. The molecule has 0 saturated carbocycles. The molecule has 0 unspecified atom stereocenters. The third-order valence-electron chi connectivity index (χ3n) is 6.98. The zero-order valence-electron chi connectivity index (χ0n) is 20.1. The summed E-state index contributed by atoms with van der Waals surface area (Å²) in [6.07, 6.45) is 3.08. The third-order valence-corrected chi connectivity index (χ3v) is 9.77. The molecule has 2 aliphatic rings. The van der Waals surface area contributed by atoms with Gasteiger partial charge >= 0.3 is 0 Å². The molecule has 0 saturated heterocycles. The normalized spacial score (nSPS) is 19.7. The van der Waals surface area contributed by atoms with Crippen LogP contribution in [0.1, 0.15) is 58.3 Å². The number of hydrogen-bond donors (Lipinski definition) is 1. The van der Waals surface area contributed by atoms with Gasteiger partial charge in [0.1, 0.15) is 5.00 Å². The van der Waals surface area contributed by atoms with E-state index in [0.717, 1.165) is 40.0 Å². The van der Waals surface area contributed by atoms with Gasteiger partial charge in [-0.15, -0.1) is 23.1 Å². The number of nitrogens with one attached hydrogen (secondary N) is 1. The zero-order valence-corrected chi connectivity index (χ0v) is 23.4. The number of rotatable bonds is 5. The standard InChI is InChI=1S/C28H29BrN2O2S2/c1-28(2,3)18-11-14-21-23(15-18)35-25-24(21)26(33)31(20-7-5-4-6-8-20)27(30-25)34-16-22(32)17-9-12-19(29)13-10-17/h4-10,12-13,18,27,30H,11,14-16H2,1-3H3/t18-,27+/m1/s1. The number of amides is 1. The maximum absolute atomic E-state index is 14.0. The number of thiophene rings is 1. The van der Waals surface area contributed by atoms with E-state index >= 15 is 0 Å². The number of benzene rings is 2. The van der Waals surface area contributed by atoms with Gasteiger partial charge in [0.15, 0.2) is 11.3 Å². The van der Waals surface area contributed by atoms with Crippen LogP contribution in [0.5, 0.6) is 0 Å². The summed E-state index contributed by atoms with van der Waals surface area (Å²) in [5.74, 6) is 0.978. The first-order valence-corrected chi connectivity index (χ1v) is 14.6. The molecule has 2 aromatic carbocycles. The first-order chi connectivity index (χ1) is 16.7. The quantitative estimate of drug-likeness (QED) is 0.321. The molecule has 0 spiro atoms. The van der Waals surface area contributed by atoms with E-state index in [2.05, 4.69) is 42.0 Å². The molecule has 0 bridgehead atoms. The summed E-state index contributed by atoms with van der Waals surface area (Å²) in [5.41, 5.74) is 3.47. The van der Waals surface area contributed by atoms with Crippen LogP contribution in [0.15, 0.2) is 59.1 Å². The molecule has 0 fully saturated rings. The Morgan fingerprint density at radius 3 is 2.54 bits per heavy atom. The number of thioether (sulfide) groups is 1. The van der Waals surface area contributed by atoms with Crippen LogP contribution >= 0.6 is 39.0 Å². The van der Waals surface area contributed by atoms with Crippen molar-refractivity contribution in [1.29, 1.82) is 0 Å². The third kappa shape index (κ3) is 4.95. The molecule has 7 heteroatoms. The fourth-order valence-corrected chi connectivity index (χ4v) is 7.61. The molecule has 3 aromatic rings. The fraction of sp³-hybridized carbons (Fsp3) is 0.357. The highest BCUT2D eigenvalue weighted by Crippen LogP contribution is 2.47. The van der Waals surface area contributed by atoms with Gasteiger partial charge in [0.05, 0.1) is 11.3 Å². The second-order valence-electron chi connectivity index (χ2n) is 10.3. The molecular formula is C28H29BrN2O2S2. The molecule has 1 amide bonds. The number of carbonyl (C=O) groups excluding carboxylic acids is 2. The Bertz CT molecular complexity index is 1250. The van der Waals surface area contributed by atoms with Gasteiger partial charge in [0, 0.05) is 20.6 Å². The zero-order chi connectivity index (χ0) is 24.7. The largest absolute Gasteiger partial charge is 0.347 e. The van der Waals surface area contributed by atoms with Gasteiger partial charge in [-0.05, 0) is 60.4 Å². The minimum Gasteiger partial charge on any atom is -0.347 e. The molecular weight excluding hydrogens is 540 g/mol. The van der Waals surface area contributed by atoms with Crippen molar-refractivity contribution in [3.63, 3.8) is 0 Å². The summed E-state index contributed by atoms with van der Waals surface area (Å²) in [6.45, 7) is 6.93. The van der Waals surface area contributed by atoms with Crippen LogP contribution in [0, 0.1) is 11.3 Å². The topological polar surface area (TPSA) is 49.4 Å². The van der Waals surface area contributed by atoms with E-state index in [9.17, 15) is 9.59 Å². The van der Waals surface area contributed by atoms with Crippen molar-refractivity contribution >= 4 is 61.4 Å². The minimum absolute atomic E-state index is 0.0326. The van der Waals surface area contributed by atoms with Gasteiger partial charge < -0.3 is 5.32 Å². The van der Waals surface area contributed by atoms with E-state index in [4.69, 9.17) is 0 Å². The molecule has 5 rings (SSSR count). The van der Waals surface area contributed by atoms with Crippen LogP contribution in [-0.4, -0.2) is 22.9 Å².